The van der Waals surface area contributed by atoms with Gasteiger partial charge in [-0.1, -0.05) is 51.4 Å². The lowest BCUT2D eigenvalue weighted by Crippen LogP contribution is -1.97. The Morgan fingerprint density at radius 2 is 0.600 bits per heavy atom. The van der Waals surface area contributed by atoms with Crippen LogP contribution >= 0.6 is 0 Å². The third kappa shape index (κ3) is 16.5. The molecule has 0 bridgehead atoms. The summed E-state index contributed by atoms with van der Waals surface area (Å²) in [5.74, 6) is 0. The molecule has 0 fully saturated rings. The van der Waals surface area contributed by atoms with E-state index in [1.54, 1.807) is 0 Å². The summed E-state index contributed by atoms with van der Waals surface area (Å²) >= 11 is 0. The molecule has 94 valence electrons. The van der Waals surface area contributed by atoms with Gasteiger partial charge in [0.25, 0.3) is 0 Å². The van der Waals surface area contributed by atoms with E-state index >= 15 is 0 Å². The van der Waals surface area contributed by atoms with Gasteiger partial charge in [-0.3, -0.25) is 0 Å². The molecular weight excluding hydrogens is 186 g/mol. The van der Waals surface area contributed by atoms with Crippen molar-refractivity contribution >= 4 is 0 Å². The van der Waals surface area contributed by atoms with Crippen LogP contribution in [0.5, 0.6) is 0 Å². The summed E-state index contributed by atoms with van der Waals surface area (Å²) in [6, 6.07) is 0. The van der Waals surface area contributed by atoms with Gasteiger partial charge in [0, 0.05) is 0 Å². The average Bonchev–Trinajstić information content (AvgIpc) is 2.21. The Hall–Kier alpha value is -0.120. The maximum atomic E-state index is 5.43. The van der Waals surface area contributed by atoms with E-state index in [-0.39, 0.29) is 6.15 Å². The third-order valence-electron chi connectivity index (χ3n) is 2.66. The largest absolute Gasteiger partial charge is 0.344 e. The van der Waals surface area contributed by atoms with Crippen molar-refractivity contribution in [2.75, 3.05) is 13.1 Å². The highest BCUT2D eigenvalue weighted by atomic mass is 14.5. The Morgan fingerprint density at radius 3 is 0.800 bits per heavy atom. The van der Waals surface area contributed by atoms with Gasteiger partial charge in [0.1, 0.15) is 0 Å². The van der Waals surface area contributed by atoms with E-state index in [0.29, 0.717) is 0 Å². The number of hydrogen-bond acceptors (Lipinski definition) is 3. The highest BCUT2D eigenvalue weighted by Gasteiger charge is 1.91. The second-order valence-corrected chi connectivity index (χ2v) is 4.11. The molecule has 3 heteroatoms. The first kappa shape index (κ1) is 17.3. The molecule has 7 N–H and O–H groups in total. The van der Waals surface area contributed by atoms with Crippen LogP contribution in [0.25, 0.3) is 0 Å². The minimum Gasteiger partial charge on any atom is -0.344 e. The molecule has 0 saturated heterocycles. The maximum Gasteiger partial charge on any atom is -0.00773 e. The molecule has 0 spiro atoms. The van der Waals surface area contributed by atoms with Crippen molar-refractivity contribution in [1.82, 2.24) is 6.15 Å². The summed E-state index contributed by atoms with van der Waals surface area (Å²) in [6.45, 7) is 1.72. The van der Waals surface area contributed by atoms with Crippen LogP contribution in [-0.2, 0) is 0 Å². The smallest absolute Gasteiger partial charge is 0.00773 e. The summed E-state index contributed by atoms with van der Waals surface area (Å²) in [7, 11) is 0. The fourth-order valence-electron chi connectivity index (χ4n) is 1.70. The first-order valence-corrected chi connectivity index (χ1v) is 6.32. The standard InChI is InChI=1S/C12H28N2.H3N/c13-11-9-7-5-3-1-2-4-6-8-10-12-14;/h1-14H2;1H3. The predicted molar refractivity (Wildman–Crippen MR) is 69.3 cm³/mol. The number of nitrogens with two attached hydrogens (primary N) is 2. The van der Waals surface area contributed by atoms with Gasteiger partial charge in [0.05, 0.1) is 0 Å². The normalized spacial score (nSPS) is 10.0. The monoisotopic (exact) mass is 217 g/mol. The van der Waals surface area contributed by atoms with E-state index in [2.05, 4.69) is 0 Å². The highest BCUT2D eigenvalue weighted by molar-refractivity contribution is 4.48. The zero-order valence-corrected chi connectivity index (χ0v) is 10.3. The molecule has 0 heterocycles. The molecule has 0 aromatic rings. The molecule has 0 atom stereocenters. The van der Waals surface area contributed by atoms with Crippen molar-refractivity contribution in [2.45, 2.75) is 64.2 Å². The summed E-state index contributed by atoms with van der Waals surface area (Å²) in [4.78, 5) is 0. The van der Waals surface area contributed by atoms with Crippen molar-refractivity contribution in [3.8, 4) is 0 Å². The molecule has 0 unspecified atom stereocenters. The minimum absolute atomic E-state index is 0. The quantitative estimate of drug-likeness (QED) is 0.465. The van der Waals surface area contributed by atoms with Gasteiger partial charge in [-0.05, 0) is 25.9 Å². The minimum atomic E-state index is 0. The van der Waals surface area contributed by atoms with Gasteiger partial charge in [-0.25, -0.2) is 0 Å². The van der Waals surface area contributed by atoms with Gasteiger partial charge in [-0.15, -0.1) is 0 Å². The lowest BCUT2D eigenvalue weighted by molar-refractivity contribution is 0.554. The summed E-state index contributed by atoms with van der Waals surface area (Å²) in [5.41, 5.74) is 10.9. The topological polar surface area (TPSA) is 87.0 Å². The Kier molecular flexibility index (Phi) is 18.8. The van der Waals surface area contributed by atoms with E-state index in [4.69, 9.17) is 11.5 Å². The van der Waals surface area contributed by atoms with E-state index < -0.39 is 0 Å². The van der Waals surface area contributed by atoms with E-state index in [1.807, 2.05) is 0 Å². The van der Waals surface area contributed by atoms with Gasteiger partial charge in [-0.2, -0.15) is 0 Å². The van der Waals surface area contributed by atoms with Crippen molar-refractivity contribution in [3.05, 3.63) is 0 Å². The Labute approximate surface area is 95.6 Å². The Bertz CT molecular complexity index is 84.9. The number of unbranched alkanes of at least 4 members (excludes halogenated alkanes) is 9. The van der Waals surface area contributed by atoms with Gasteiger partial charge in [0.2, 0.25) is 0 Å². The number of rotatable bonds is 11. The van der Waals surface area contributed by atoms with Crippen LogP contribution in [0.1, 0.15) is 64.2 Å². The van der Waals surface area contributed by atoms with Crippen molar-refractivity contribution < 1.29 is 0 Å². The maximum absolute atomic E-state index is 5.43. The predicted octanol–water partition coefficient (Wildman–Crippen LogP) is 2.97. The van der Waals surface area contributed by atoms with Crippen molar-refractivity contribution in [1.29, 1.82) is 0 Å². The van der Waals surface area contributed by atoms with Crippen LogP contribution < -0.4 is 17.6 Å². The molecule has 0 rings (SSSR count). The van der Waals surface area contributed by atoms with Gasteiger partial charge >= 0.3 is 0 Å². The van der Waals surface area contributed by atoms with Crippen LogP contribution in [0, 0.1) is 0 Å². The summed E-state index contributed by atoms with van der Waals surface area (Å²) in [6.07, 6.45) is 13.4. The molecule has 0 aliphatic rings. The molecule has 0 radical (unpaired) electrons. The Balaban J connectivity index is 0. The highest BCUT2D eigenvalue weighted by Crippen LogP contribution is 2.09. The first-order chi connectivity index (χ1) is 6.91. The van der Waals surface area contributed by atoms with Gasteiger partial charge < -0.3 is 17.6 Å². The fraction of sp³-hybridized carbons (Fsp3) is 1.00. The lowest BCUT2D eigenvalue weighted by Gasteiger charge is -2.01. The van der Waals surface area contributed by atoms with E-state index in [1.165, 1.54) is 64.2 Å². The molecule has 0 aromatic heterocycles. The van der Waals surface area contributed by atoms with Crippen LogP contribution in [0.4, 0.5) is 0 Å². The van der Waals surface area contributed by atoms with E-state index in [0.717, 1.165) is 13.1 Å². The zero-order chi connectivity index (χ0) is 10.5. The average molecular weight is 217 g/mol. The van der Waals surface area contributed by atoms with E-state index in [9.17, 15) is 0 Å². The van der Waals surface area contributed by atoms with Crippen LogP contribution in [0.3, 0.4) is 0 Å². The summed E-state index contributed by atoms with van der Waals surface area (Å²) in [5, 5.41) is 0. The Morgan fingerprint density at radius 1 is 0.400 bits per heavy atom. The van der Waals surface area contributed by atoms with Crippen LogP contribution in [0.15, 0.2) is 0 Å². The fourth-order valence-corrected chi connectivity index (χ4v) is 1.70. The second kappa shape index (κ2) is 16.3. The lowest BCUT2D eigenvalue weighted by atomic mass is 10.1. The molecule has 15 heavy (non-hydrogen) atoms. The molecule has 0 saturated carbocycles. The first-order valence-electron chi connectivity index (χ1n) is 6.32. The van der Waals surface area contributed by atoms with Crippen molar-refractivity contribution in [2.24, 2.45) is 11.5 Å². The molecule has 0 aromatic carbocycles. The van der Waals surface area contributed by atoms with Crippen LogP contribution in [-0.4, -0.2) is 13.1 Å². The third-order valence-corrected chi connectivity index (χ3v) is 2.66. The molecule has 0 aliphatic heterocycles. The molecule has 0 aliphatic carbocycles. The second-order valence-electron chi connectivity index (χ2n) is 4.11. The molecule has 3 nitrogen and oxygen atoms in total. The molecular formula is C12H31N3. The van der Waals surface area contributed by atoms with Crippen molar-refractivity contribution in [3.63, 3.8) is 0 Å². The molecule has 0 amide bonds. The summed E-state index contributed by atoms with van der Waals surface area (Å²) < 4.78 is 0. The van der Waals surface area contributed by atoms with Crippen LogP contribution in [0.2, 0.25) is 0 Å². The van der Waals surface area contributed by atoms with Gasteiger partial charge in [0.15, 0.2) is 0 Å². The number of hydrogen-bond donors (Lipinski definition) is 3. The SMILES string of the molecule is N.NCCCCCCCCCCCCN. The zero-order valence-electron chi connectivity index (χ0n) is 10.3.